The van der Waals surface area contributed by atoms with Crippen LogP contribution in [0.5, 0.6) is 0 Å². The molecule has 0 fully saturated rings. The molecule has 0 atom stereocenters. The van der Waals surface area contributed by atoms with Gasteiger partial charge in [0.25, 0.3) is 0 Å². The third-order valence-electron chi connectivity index (χ3n) is 2.55. The second-order valence-electron chi connectivity index (χ2n) is 4.87. The van der Waals surface area contributed by atoms with Gasteiger partial charge in [0.05, 0.1) is 0 Å². The molecule has 1 aromatic heterocycles. The topological polar surface area (TPSA) is 126 Å². The van der Waals surface area contributed by atoms with Crippen LogP contribution in [0.4, 0.5) is 5.82 Å². The number of carbonyl (C=O) groups excluding carboxylic acids is 1. The Hall–Kier alpha value is -1.71. The largest absolute Gasteiger partial charge is 0.356 e. The third-order valence-corrected chi connectivity index (χ3v) is 3.99. The van der Waals surface area contributed by atoms with E-state index in [1.54, 1.807) is 0 Å². The summed E-state index contributed by atoms with van der Waals surface area (Å²) in [6.07, 6.45) is 1.28. The number of nitrogen functional groups attached to an aromatic ring is 1. The van der Waals surface area contributed by atoms with Crippen LogP contribution in [0.2, 0.25) is 0 Å². The maximum absolute atomic E-state index is 11.9. The van der Waals surface area contributed by atoms with Gasteiger partial charge in [-0.25, -0.2) is 24.0 Å². The minimum Gasteiger partial charge on any atom is -0.356 e. The summed E-state index contributed by atoms with van der Waals surface area (Å²) in [6, 6.07) is 2.83. The predicted molar refractivity (Wildman–Crippen MR) is 79.7 cm³/mol. The highest BCUT2D eigenvalue weighted by molar-refractivity contribution is 7.89. The standard InChI is InChI=1S/C12H21N5O3S/c1-9(2)7-15-12(18)5-6-16-21(19,20)10-3-4-11(17-13)14-8-10/h3-4,8-9,16H,5-7,13H2,1-2H3,(H,14,17)(H,15,18). The summed E-state index contributed by atoms with van der Waals surface area (Å²) in [5, 5.41) is 2.71. The molecule has 8 nitrogen and oxygen atoms in total. The molecule has 1 rings (SSSR count). The van der Waals surface area contributed by atoms with Gasteiger partial charge in [0.15, 0.2) is 0 Å². The quantitative estimate of drug-likeness (QED) is 0.389. The number of carbonyl (C=O) groups is 1. The Bertz CT molecular complexity index is 557. The summed E-state index contributed by atoms with van der Waals surface area (Å²) in [5.41, 5.74) is 2.31. The first-order valence-electron chi connectivity index (χ1n) is 6.54. The molecule has 9 heteroatoms. The van der Waals surface area contributed by atoms with Crippen LogP contribution in [0.25, 0.3) is 0 Å². The van der Waals surface area contributed by atoms with Crippen LogP contribution < -0.4 is 21.3 Å². The monoisotopic (exact) mass is 315 g/mol. The fourth-order valence-electron chi connectivity index (χ4n) is 1.41. The fourth-order valence-corrected chi connectivity index (χ4v) is 2.39. The van der Waals surface area contributed by atoms with E-state index in [-0.39, 0.29) is 23.8 Å². The van der Waals surface area contributed by atoms with Crippen LogP contribution in [0, 0.1) is 5.92 Å². The fraction of sp³-hybridized carbons (Fsp3) is 0.500. The highest BCUT2D eigenvalue weighted by atomic mass is 32.2. The molecule has 0 radical (unpaired) electrons. The molecule has 1 amide bonds. The van der Waals surface area contributed by atoms with Crippen molar-refractivity contribution in [1.82, 2.24) is 15.0 Å². The van der Waals surface area contributed by atoms with Crippen molar-refractivity contribution in [1.29, 1.82) is 0 Å². The number of sulfonamides is 1. The molecular formula is C12H21N5O3S. The van der Waals surface area contributed by atoms with Gasteiger partial charge in [-0.15, -0.1) is 0 Å². The summed E-state index contributed by atoms with van der Waals surface area (Å²) in [5.74, 6) is 5.68. The Morgan fingerprint density at radius 2 is 2.10 bits per heavy atom. The molecule has 0 bridgehead atoms. The Morgan fingerprint density at radius 1 is 1.38 bits per heavy atom. The molecule has 0 aliphatic heterocycles. The smallest absolute Gasteiger partial charge is 0.242 e. The molecule has 0 unspecified atom stereocenters. The molecule has 0 spiro atoms. The molecule has 0 aliphatic rings. The maximum atomic E-state index is 11.9. The van der Waals surface area contributed by atoms with Gasteiger partial charge in [0, 0.05) is 25.7 Å². The second-order valence-corrected chi connectivity index (χ2v) is 6.64. The number of pyridine rings is 1. The Labute approximate surface area is 124 Å². The Kier molecular flexibility index (Phi) is 6.53. The molecule has 0 saturated heterocycles. The van der Waals surface area contributed by atoms with Gasteiger partial charge in [-0.1, -0.05) is 13.8 Å². The Balaban J connectivity index is 2.47. The van der Waals surface area contributed by atoms with E-state index in [9.17, 15) is 13.2 Å². The zero-order chi connectivity index (χ0) is 15.9. The Morgan fingerprint density at radius 3 is 2.62 bits per heavy atom. The molecule has 0 aromatic carbocycles. The number of rotatable bonds is 8. The zero-order valence-electron chi connectivity index (χ0n) is 12.1. The molecule has 1 aromatic rings. The summed E-state index contributed by atoms with van der Waals surface area (Å²) < 4.78 is 26.2. The van der Waals surface area contributed by atoms with Crippen molar-refractivity contribution >= 4 is 21.7 Å². The third kappa shape index (κ3) is 6.06. The van der Waals surface area contributed by atoms with Crippen molar-refractivity contribution in [3.05, 3.63) is 18.3 Å². The lowest BCUT2D eigenvalue weighted by atomic mass is 10.2. The average Bonchev–Trinajstić information content (AvgIpc) is 2.45. The molecule has 1 heterocycles. The number of nitrogens with two attached hydrogens (primary N) is 1. The van der Waals surface area contributed by atoms with E-state index in [0.29, 0.717) is 18.3 Å². The molecule has 118 valence electrons. The van der Waals surface area contributed by atoms with Crippen molar-refractivity contribution in [2.24, 2.45) is 11.8 Å². The van der Waals surface area contributed by atoms with E-state index in [1.165, 1.54) is 18.3 Å². The summed E-state index contributed by atoms with van der Waals surface area (Å²) in [6.45, 7) is 4.57. The lowest BCUT2D eigenvalue weighted by Crippen LogP contribution is -2.32. The second kappa shape index (κ2) is 7.91. The predicted octanol–water partition coefficient (Wildman–Crippen LogP) is -0.192. The van der Waals surface area contributed by atoms with Gasteiger partial charge in [0.2, 0.25) is 15.9 Å². The number of nitrogens with zero attached hydrogens (tertiary/aromatic N) is 1. The maximum Gasteiger partial charge on any atom is 0.242 e. The van der Waals surface area contributed by atoms with Crippen LogP contribution in [0.15, 0.2) is 23.2 Å². The van der Waals surface area contributed by atoms with Crippen molar-refractivity contribution in [3.8, 4) is 0 Å². The number of hydrogen-bond donors (Lipinski definition) is 4. The number of aromatic nitrogens is 1. The van der Waals surface area contributed by atoms with Gasteiger partial charge in [0.1, 0.15) is 10.7 Å². The highest BCUT2D eigenvalue weighted by Crippen LogP contribution is 2.09. The van der Waals surface area contributed by atoms with Crippen LogP contribution in [0.1, 0.15) is 20.3 Å². The molecule has 0 aliphatic carbocycles. The number of anilines is 1. The lowest BCUT2D eigenvalue weighted by Gasteiger charge is -2.09. The molecular weight excluding hydrogens is 294 g/mol. The van der Waals surface area contributed by atoms with E-state index in [2.05, 4.69) is 20.4 Å². The van der Waals surface area contributed by atoms with Gasteiger partial charge >= 0.3 is 0 Å². The minimum absolute atomic E-state index is 0.0177. The SMILES string of the molecule is CC(C)CNC(=O)CCNS(=O)(=O)c1ccc(NN)nc1. The summed E-state index contributed by atoms with van der Waals surface area (Å²) >= 11 is 0. The van der Waals surface area contributed by atoms with Crippen LogP contribution in [0.3, 0.4) is 0 Å². The van der Waals surface area contributed by atoms with E-state index in [1.807, 2.05) is 13.8 Å². The summed E-state index contributed by atoms with van der Waals surface area (Å²) in [4.78, 5) is 15.3. The number of amides is 1. The van der Waals surface area contributed by atoms with E-state index < -0.39 is 10.0 Å². The minimum atomic E-state index is -3.67. The molecule has 21 heavy (non-hydrogen) atoms. The first kappa shape index (κ1) is 17.3. The van der Waals surface area contributed by atoms with Crippen molar-refractivity contribution in [2.75, 3.05) is 18.5 Å². The normalized spacial score (nSPS) is 11.4. The average molecular weight is 315 g/mol. The summed E-state index contributed by atoms with van der Waals surface area (Å²) in [7, 11) is -3.67. The molecule has 5 N–H and O–H groups in total. The van der Waals surface area contributed by atoms with Gasteiger partial charge in [-0.05, 0) is 18.1 Å². The zero-order valence-corrected chi connectivity index (χ0v) is 12.9. The molecule has 0 saturated carbocycles. The van der Waals surface area contributed by atoms with Crippen molar-refractivity contribution in [2.45, 2.75) is 25.2 Å². The van der Waals surface area contributed by atoms with E-state index >= 15 is 0 Å². The first-order chi connectivity index (χ1) is 9.85. The first-order valence-corrected chi connectivity index (χ1v) is 8.02. The van der Waals surface area contributed by atoms with Gasteiger partial charge < -0.3 is 10.7 Å². The lowest BCUT2D eigenvalue weighted by molar-refractivity contribution is -0.121. The van der Waals surface area contributed by atoms with Crippen LogP contribution in [-0.2, 0) is 14.8 Å². The number of nitrogens with one attached hydrogen (secondary N) is 3. The van der Waals surface area contributed by atoms with Crippen LogP contribution in [-0.4, -0.2) is 32.4 Å². The van der Waals surface area contributed by atoms with E-state index in [0.717, 1.165) is 0 Å². The van der Waals surface area contributed by atoms with Crippen molar-refractivity contribution < 1.29 is 13.2 Å². The van der Waals surface area contributed by atoms with Crippen molar-refractivity contribution in [3.63, 3.8) is 0 Å². The van der Waals surface area contributed by atoms with Gasteiger partial charge in [-0.2, -0.15) is 0 Å². The van der Waals surface area contributed by atoms with E-state index in [4.69, 9.17) is 5.84 Å². The van der Waals surface area contributed by atoms with Crippen LogP contribution >= 0.6 is 0 Å². The van der Waals surface area contributed by atoms with Gasteiger partial charge in [-0.3, -0.25) is 4.79 Å². The highest BCUT2D eigenvalue weighted by Gasteiger charge is 2.14. The number of hydrogen-bond acceptors (Lipinski definition) is 6. The number of hydrazine groups is 1.